The third kappa shape index (κ3) is 3.57. The van der Waals surface area contributed by atoms with Crippen molar-refractivity contribution in [3.8, 4) is 5.75 Å². The molecule has 1 heterocycles. The Bertz CT molecular complexity index is 563. The van der Waals surface area contributed by atoms with E-state index in [4.69, 9.17) is 4.74 Å². The first kappa shape index (κ1) is 14.5. The summed E-state index contributed by atoms with van der Waals surface area (Å²) < 4.78 is 7.83. The molecule has 0 atom stereocenters. The van der Waals surface area contributed by atoms with Crippen molar-refractivity contribution in [1.82, 2.24) is 20.1 Å². The molecule has 1 aromatic heterocycles. The molecule has 0 unspecified atom stereocenters. The summed E-state index contributed by atoms with van der Waals surface area (Å²) in [6.07, 6.45) is 1.68. The Hall–Kier alpha value is -1.88. The van der Waals surface area contributed by atoms with Crippen molar-refractivity contribution >= 4 is 0 Å². The number of benzene rings is 1. The first-order valence-electron chi connectivity index (χ1n) is 6.85. The average molecular weight is 274 g/mol. The molecule has 0 bridgehead atoms. The van der Waals surface area contributed by atoms with Crippen LogP contribution in [-0.4, -0.2) is 20.8 Å². The van der Waals surface area contributed by atoms with E-state index < -0.39 is 0 Å². The summed E-state index contributed by atoms with van der Waals surface area (Å²) in [4.78, 5) is 0. The molecule has 2 aromatic rings. The van der Waals surface area contributed by atoms with E-state index in [9.17, 15) is 0 Å². The number of nitrogens with one attached hydrogen (secondary N) is 1. The summed E-state index contributed by atoms with van der Waals surface area (Å²) in [6.45, 7) is 7.56. The lowest BCUT2D eigenvalue weighted by molar-refractivity contribution is 0.285. The van der Waals surface area contributed by atoms with E-state index in [2.05, 4.69) is 54.5 Å². The summed E-state index contributed by atoms with van der Waals surface area (Å²) in [5, 5.41) is 11.3. The number of nitrogens with zero attached hydrogens (tertiary/aromatic N) is 3. The third-order valence-corrected chi connectivity index (χ3v) is 3.14. The highest BCUT2D eigenvalue weighted by Gasteiger charge is 2.09. The molecular formula is C15H22N4O. The SMILES string of the molecule is Cc1cccc(CNC(C)C)c1OCc1nncn1C. The van der Waals surface area contributed by atoms with Crippen LogP contribution in [0.15, 0.2) is 24.5 Å². The molecule has 0 radical (unpaired) electrons. The van der Waals surface area contributed by atoms with Crippen LogP contribution >= 0.6 is 0 Å². The molecule has 0 aliphatic heterocycles. The van der Waals surface area contributed by atoms with Gasteiger partial charge in [-0.15, -0.1) is 10.2 Å². The van der Waals surface area contributed by atoms with Gasteiger partial charge in [0.05, 0.1) is 0 Å². The van der Waals surface area contributed by atoms with Crippen molar-refractivity contribution in [2.75, 3.05) is 0 Å². The fourth-order valence-corrected chi connectivity index (χ4v) is 1.95. The van der Waals surface area contributed by atoms with Gasteiger partial charge in [-0.05, 0) is 12.5 Å². The maximum absolute atomic E-state index is 5.96. The van der Waals surface area contributed by atoms with Crippen molar-refractivity contribution in [2.24, 2.45) is 7.05 Å². The molecule has 5 nitrogen and oxygen atoms in total. The van der Waals surface area contributed by atoms with Crippen LogP contribution in [0.5, 0.6) is 5.75 Å². The van der Waals surface area contributed by atoms with Gasteiger partial charge in [0.1, 0.15) is 18.7 Å². The van der Waals surface area contributed by atoms with Crippen LogP contribution in [0.3, 0.4) is 0 Å². The summed E-state index contributed by atoms with van der Waals surface area (Å²) >= 11 is 0. The van der Waals surface area contributed by atoms with Gasteiger partial charge in [0.25, 0.3) is 0 Å². The first-order chi connectivity index (χ1) is 9.58. The standard InChI is InChI=1S/C15H22N4O/c1-11(2)16-8-13-7-5-6-12(3)15(13)20-9-14-18-17-10-19(14)4/h5-7,10-11,16H,8-9H2,1-4H3. The van der Waals surface area contributed by atoms with Crippen LogP contribution in [0.4, 0.5) is 0 Å². The molecule has 0 spiro atoms. The lowest BCUT2D eigenvalue weighted by Gasteiger charge is -2.15. The number of hydrogen-bond donors (Lipinski definition) is 1. The Morgan fingerprint density at radius 1 is 1.35 bits per heavy atom. The van der Waals surface area contributed by atoms with E-state index in [-0.39, 0.29) is 0 Å². The normalized spacial score (nSPS) is 11.1. The highest BCUT2D eigenvalue weighted by molar-refractivity contribution is 5.40. The summed E-state index contributed by atoms with van der Waals surface area (Å²) in [5.74, 6) is 1.75. The van der Waals surface area contributed by atoms with E-state index in [1.165, 1.54) is 5.56 Å². The molecule has 2 rings (SSSR count). The predicted molar refractivity (Wildman–Crippen MR) is 78.5 cm³/mol. The van der Waals surface area contributed by atoms with Gasteiger partial charge < -0.3 is 14.6 Å². The molecule has 5 heteroatoms. The predicted octanol–water partition coefficient (Wildman–Crippen LogP) is 2.20. The second kappa shape index (κ2) is 6.52. The number of para-hydroxylation sites is 1. The molecule has 1 N–H and O–H groups in total. The minimum atomic E-state index is 0.427. The minimum absolute atomic E-state index is 0.427. The Morgan fingerprint density at radius 3 is 2.80 bits per heavy atom. The molecule has 0 aliphatic carbocycles. The van der Waals surface area contributed by atoms with Gasteiger partial charge >= 0.3 is 0 Å². The van der Waals surface area contributed by atoms with Gasteiger partial charge in [0.15, 0.2) is 5.82 Å². The minimum Gasteiger partial charge on any atom is -0.485 e. The maximum Gasteiger partial charge on any atom is 0.170 e. The molecule has 108 valence electrons. The van der Waals surface area contributed by atoms with Gasteiger partial charge in [-0.3, -0.25) is 0 Å². The highest BCUT2D eigenvalue weighted by atomic mass is 16.5. The van der Waals surface area contributed by atoms with Gasteiger partial charge in [-0.1, -0.05) is 32.0 Å². The average Bonchev–Trinajstić information content (AvgIpc) is 2.81. The van der Waals surface area contributed by atoms with Crippen molar-refractivity contribution < 1.29 is 4.74 Å². The van der Waals surface area contributed by atoms with Crippen molar-refractivity contribution in [3.63, 3.8) is 0 Å². The van der Waals surface area contributed by atoms with Crippen molar-refractivity contribution in [3.05, 3.63) is 41.5 Å². The number of ether oxygens (including phenoxy) is 1. The van der Waals surface area contributed by atoms with Gasteiger partial charge in [-0.25, -0.2) is 0 Å². The first-order valence-corrected chi connectivity index (χ1v) is 6.85. The Morgan fingerprint density at radius 2 is 2.15 bits per heavy atom. The summed E-state index contributed by atoms with van der Waals surface area (Å²) in [6, 6.07) is 6.66. The maximum atomic E-state index is 5.96. The Labute approximate surface area is 120 Å². The van der Waals surface area contributed by atoms with Crippen molar-refractivity contribution in [2.45, 2.75) is 40.0 Å². The molecule has 1 aromatic carbocycles. The molecule has 20 heavy (non-hydrogen) atoms. The van der Waals surface area contributed by atoms with Crippen molar-refractivity contribution in [1.29, 1.82) is 0 Å². The summed E-state index contributed by atoms with van der Waals surface area (Å²) in [7, 11) is 1.91. The highest BCUT2D eigenvalue weighted by Crippen LogP contribution is 2.24. The smallest absolute Gasteiger partial charge is 0.170 e. The molecule has 0 aliphatic rings. The molecular weight excluding hydrogens is 252 g/mol. The van der Waals surface area contributed by atoms with E-state index in [1.807, 2.05) is 11.6 Å². The zero-order chi connectivity index (χ0) is 14.5. The second-order valence-corrected chi connectivity index (χ2v) is 5.25. The molecule has 0 saturated heterocycles. The van der Waals surface area contributed by atoms with Gasteiger partial charge in [0.2, 0.25) is 0 Å². The Balaban J connectivity index is 2.11. The third-order valence-electron chi connectivity index (χ3n) is 3.14. The number of aromatic nitrogens is 3. The van der Waals surface area contributed by atoms with Gasteiger partial charge in [0, 0.05) is 25.2 Å². The zero-order valence-corrected chi connectivity index (χ0v) is 12.6. The van der Waals surface area contributed by atoms with Crippen LogP contribution in [0.2, 0.25) is 0 Å². The quantitative estimate of drug-likeness (QED) is 0.877. The number of aryl methyl sites for hydroxylation is 2. The van der Waals surface area contributed by atoms with Crippen LogP contribution in [0.1, 0.15) is 30.8 Å². The summed E-state index contributed by atoms with van der Waals surface area (Å²) in [5.41, 5.74) is 2.30. The van der Waals surface area contributed by atoms with E-state index in [0.717, 1.165) is 23.7 Å². The monoisotopic (exact) mass is 274 g/mol. The lowest BCUT2D eigenvalue weighted by Crippen LogP contribution is -2.22. The molecule has 0 saturated carbocycles. The van der Waals surface area contributed by atoms with Gasteiger partial charge in [-0.2, -0.15) is 0 Å². The van der Waals surface area contributed by atoms with E-state index in [0.29, 0.717) is 12.6 Å². The fraction of sp³-hybridized carbons (Fsp3) is 0.467. The lowest BCUT2D eigenvalue weighted by atomic mass is 10.1. The fourth-order valence-electron chi connectivity index (χ4n) is 1.95. The van der Waals surface area contributed by atoms with Crippen LogP contribution in [-0.2, 0) is 20.2 Å². The largest absolute Gasteiger partial charge is 0.485 e. The zero-order valence-electron chi connectivity index (χ0n) is 12.6. The second-order valence-electron chi connectivity index (χ2n) is 5.25. The topological polar surface area (TPSA) is 52.0 Å². The number of rotatable bonds is 6. The van der Waals surface area contributed by atoms with Crippen LogP contribution < -0.4 is 10.1 Å². The van der Waals surface area contributed by atoms with Crippen LogP contribution in [0.25, 0.3) is 0 Å². The molecule has 0 fully saturated rings. The Kier molecular flexibility index (Phi) is 4.74. The number of hydrogen-bond acceptors (Lipinski definition) is 4. The molecule has 0 amide bonds. The van der Waals surface area contributed by atoms with E-state index >= 15 is 0 Å². The van der Waals surface area contributed by atoms with Crippen LogP contribution in [0, 0.1) is 6.92 Å². The van der Waals surface area contributed by atoms with E-state index in [1.54, 1.807) is 6.33 Å².